The van der Waals surface area contributed by atoms with Crippen molar-refractivity contribution in [2.45, 2.75) is 38.7 Å². The lowest BCUT2D eigenvalue weighted by Gasteiger charge is -2.29. The summed E-state index contributed by atoms with van der Waals surface area (Å²) in [6.45, 7) is 8.31. The molecule has 0 aliphatic rings. The van der Waals surface area contributed by atoms with Gasteiger partial charge in [-0.05, 0) is 32.1 Å². The third kappa shape index (κ3) is 5.06. The highest BCUT2D eigenvalue weighted by Gasteiger charge is 2.26. The van der Waals surface area contributed by atoms with E-state index >= 15 is 0 Å². The molecule has 0 aromatic rings. The van der Waals surface area contributed by atoms with Gasteiger partial charge < -0.3 is 9.84 Å². The summed E-state index contributed by atoms with van der Waals surface area (Å²) in [6, 6.07) is 0. The predicted octanol–water partition coefficient (Wildman–Crippen LogP) is 2.38. The highest BCUT2D eigenvalue weighted by Crippen LogP contribution is 2.25. The zero-order valence-corrected chi connectivity index (χ0v) is 9.05. The lowest BCUT2D eigenvalue weighted by molar-refractivity contribution is -0.0123. The third-order valence-electron chi connectivity index (χ3n) is 2.67. The summed E-state index contributed by atoms with van der Waals surface area (Å²) in [6.07, 6.45) is 4.39. The molecule has 78 valence electrons. The van der Waals surface area contributed by atoms with E-state index in [0.717, 1.165) is 19.3 Å². The van der Waals surface area contributed by atoms with Crippen LogP contribution < -0.4 is 0 Å². The van der Waals surface area contributed by atoms with Crippen LogP contribution in [-0.2, 0) is 4.74 Å². The second-order valence-corrected chi connectivity index (χ2v) is 3.87. The Kier molecular flexibility index (Phi) is 6.00. The van der Waals surface area contributed by atoms with Crippen LogP contribution in [0.25, 0.3) is 0 Å². The van der Waals surface area contributed by atoms with E-state index in [4.69, 9.17) is 4.74 Å². The molecule has 0 spiro atoms. The van der Waals surface area contributed by atoms with Crippen molar-refractivity contribution in [2.24, 2.45) is 5.92 Å². The first kappa shape index (κ1) is 12.7. The molecule has 0 rings (SSSR count). The maximum absolute atomic E-state index is 10.0. The van der Waals surface area contributed by atoms with E-state index in [1.807, 2.05) is 13.0 Å². The minimum atomic E-state index is -0.591. The van der Waals surface area contributed by atoms with Gasteiger partial charge in [0.1, 0.15) is 0 Å². The Labute approximate surface area is 81.6 Å². The number of rotatable bonds is 7. The lowest BCUT2D eigenvalue weighted by atomic mass is 9.84. The average Bonchev–Trinajstić information content (AvgIpc) is 2.10. The van der Waals surface area contributed by atoms with Crippen LogP contribution in [0.5, 0.6) is 0 Å². The Bertz CT molecular complexity index is 141. The normalized spacial score (nSPS) is 17.8. The summed E-state index contributed by atoms with van der Waals surface area (Å²) in [7, 11) is 1.69. The van der Waals surface area contributed by atoms with Crippen molar-refractivity contribution in [3.05, 3.63) is 12.7 Å². The zero-order chi connectivity index (χ0) is 10.3. The largest absolute Gasteiger partial charge is 0.390 e. The summed E-state index contributed by atoms with van der Waals surface area (Å²) >= 11 is 0. The molecule has 0 radical (unpaired) electrons. The van der Waals surface area contributed by atoms with E-state index in [9.17, 15) is 5.11 Å². The van der Waals surface area contributed by atoms with Crippen LogP contribution in [0, 0.1) is 5.92 Å². The molecule has 0 saturated heterocycles. The minimum absolute atomic E-state index is 0.271. The smallest absolute Gasteiger partial charge is 0.0649 e. The van der Waals surface area contributed by atoms with E-state index in [0.29, 0.717) is 6.61 Å². The van der Waals surface area contributed by atoms with E-state index in [1.54, 1.807) is 7.11 Å². The Morgan fingerprint density at radius 2 is 2.23 bits per heavy atom. The first-order chi connectivity index (χ1) is 6.04. The number of ether oxygens (including phenoxy) is 1. The molecule has 0 bridgehead atoms. The molecular weight excluding hydrogens is 164 g/mol. The van der Waals surface area contributed by atoms with Crippen LogP contribution in [-0.4, -0.2) is 24.4 Å². The summed E-state index contributed by atoms with van der Waals surface area (Å²) in [4.78, 5) is 0. The molecule has 2 unspecified atom stereocenters. The van der Waals surface area contributed by atoms with Crippen LogP contribution in [0.4, 0.5) is 0 Å². The zero-order valence-electron chi connectivity index (χ0n) is 9.05. The fraction of sp³-hybridized carbons (Fsp3) is 0.818. The van der Waals surface area contributed by atoms with Gasteiger partial charge >= 0.3 is 0 Å². The highest BCUT2D eigenvalue weighted by molar-refractivity contribution is 4.82. The summed E-state index contributed by atoms with van der Waals surface area (Å²) in [5.74, 6) is 0.271. The number of aliphatic hydroxyl groups is 1. The standard InChI is InChI=1S/C11H22O2/c1-5-6-8-11(3,12)10(2)7-9-13-4/h5,10,12H,1,6-9H2,2-4H3. The first-order valence-corrected chi connectivity index (χ1v) is 4.86. The van der Waals surface area contributed by atoms with Crippen molar-refractivity contribution in [3.63, 3.8) is 0 Å². The molecule has 0 saturated carbocycles. The second-order valence-electron chi connectivity index (χ2n) is 3.87. The van der Waals surface area contributed by atoms with Crippen molar-refractivity contribution in [3.8, 4) is 0 Å². The van der Waals surface area contributed by atoms with Crippen molar-refractivity contribution in [1.82, 2.24) is 0 Å². The van der Waals surface area contributed by atoms with Crippen LogP contribution >= 0.6 is 0 Å². The molecule has 0 aromatic carbocycles. The minimum Gasteiger partial charge on any atom is -0.390 e. The topological polar surface area (TPSA) is 29.5 Å². The van der Waals surface area contributed by atoms with Crippen LogP contribution in [0.3, 0.4) is 0 Å². The molecule has 2 nitrogen and oxygen atoms in total. The van der Waals surface area contributed by atoms with Crippen molar-refractivity contribution in [1.29, 1.82) is 0 Å². The van der Waals surface area contributed by atoms with E-state index < -0.39 is 5.60 Å². The molecule has 0 amide bonds. The number of allylic oxidation sites excluding steroid dienone is 1. The number of methoxy groups -OCH3 is 1. The molecule has 0 heterocycles. The van der Waals surface area contributed by atoms with Gasteiger partial charge in [0.25, 0.3) is 0 Å². The molecular formula is C11H22O2. The molecule has 0 aliphatic carbocycles. The Hall–Kier alpha value is -0.340. The van der Waals surface area contributed by atoms with E-state index in [2.05, 4.69) is 13.5 Å². The first-order valence-electron chi connectivity index (χ1n) is 4.86. The van der Waals surface area contributed by atoms with Gasteiger partial charge in [-0.15, -0.1) is 6.58 Å². The summed E-state index contributed by atoms with van der Waals surface area (Å²) in [5, 5.41) is 10.0. The number of hydrogen-bond acceptors (Lipinski definition) is 2. The fourth-order valence-electron chi connectivity index (χ4n) is 1.25. The molecule has 0 aromatic heterocycles. The van der Waals surface area contributed by atoms with Gasteiger partial charge in [-0.2, -0.15) is 0 Å². The predicted molar refractivity (Wildman–Crippen MR) is 55.7 cm³/mol. The van der Waals surface area contributed by atoms with Gasteiger partial charge in [-0.1, -0.05) is 13.0 Å². The quantitative estimate of drug-likeness (QED) is 0.618. The lowest BCUT2D eigenvalue weighted by Crippen LogP contribution is -2.33. The van der Waals surface area contributed by atoms with Crippen molar-refractivity contribution >= 4 is 0 Å². The fourth-order valence-corrected chi connectivity index (χ4v) is 1.25. The Morgan fingerprint density at radius 1 is 1.62 bits per heavy atom. The average molecular weight is 186 g/mol. The van der Waals surface area contributed by atoms with E-state index in [-0.39, 0.29) is 5.92 Å². The van der Waals surface area contributed by atoms with Crippen LogP contribution in [0.1, 0.15) is 33.1 Å². The van der Waals surface area contributed by atoms with Gasteiger partial charge in [-0.3, -0.25) is 0 Å². The van der Waals surface area contributed by atoms with Gasteiger partial charge in [0.15, 0.2) is 0 Å². The third-order valence-corrected chi connectivity index (χ3v) is 2.67. The Balaban J connectivity index is 3.86. The van der Waals surface area contributed by atoms with Crippen molar-refractivity contribution < 1.29 is 9.84 Å². The van der Waals surface area contributed by atoms with Gasteiger partial charge in [0.2, 0.25) is 0 Å². The van der Waals surface area contributed by atoms with Crippen LogP contribution in [0.15, 0.2) is 12.7 Å². The molecule has 2 heteroatoms. The van der Waals surface area contributed by atoms with Gasteiger partial charge in [0, 0.05) is 13.7 Å². The summed E-state index contributed by atoms with van der Waals surface area (Å²) in [5.41, 5.74) is -0.591. The van der Waals surface area contributed by atoms with Gasteiger partial charge in [-0.25, -0.2) is 0 Å². The van der Waals surface area contributed by atoms with Crippen molar-refractivity contribution in [2.75, 3.05) is 13.7 Å². The monoisotopic (exact) mass is 186 g/mol. The SMILES string of the molecule is C=CCCC(C)(O)C(C)CCOC. The molecule has 0 aliphatic heterocycles. The highest BCUT2D eigenvalue weighted by atomic mass is 16.5. The molecule has 2 atom stereocenters. The van der Waals surface area contributed by atoms with Crippen LogP contribution in [0.2, 0.25) is 0 Å². The molecule has 13 heavy (non-hydrogen) atoms. The van der Waals surface area contributed by atoms with Gasteiger partial charge in [0.05, 0.1) is 5.60 Å². The Morgan fingerprint density at radius 3 is 2.69 bits per heavy atom. The molecule has 0 fully saturated rings. The maximum atomic E-state index is 10.0. The maximum Gasteiger partial charge on any atom is 0.0649 e. The van der Waals surface area contributed by atoms with E-state index in [1.165, 1.54) is 0 Å². The number of hydrogen-bond donors (Lipinski definition) is 1. The molecule has 1 N–H and O–H groups in total. The summed E-state index contributed by atoms with van der Waals surface area (Å²) < 4.78 is 4.98. The second kappa shape index (κ2) is 6.17.